The van der Waals surface area contributed by atoms with Crippen LogP contribution in [-0.4, -0.2) is 34.6 Å². The summed E-state index contributed by atoms with van der Waals surface area (Å²) >= 11 is 0. The van der Waals surface area contributed by atoms with E-state index in [1.165, 1.54) is 5.56 Å². The van der Waals surface area contributed by atoms with Crippen molar-refractivity contribution in [3.05, 3.63) is 89.7 Å². The number of benzene rings is 2. The first-order valence-corrected chi connectivity index (χ1v) is 11.0. The van der Waals surface area contributed by atoms with Gasteiger partial charge in [0, 0.05) is 47.5 Å². The molecule has 4 N–H and O–H groups in total. The average molecular weight is 428 g/mol. The van der Waals surface area contributed by atoms with Gasteiger partial charge in [-0.2, -0.15) is 0 Å². The van der Waals surface area contributed by atoms with E-state index in [1.54, 1.807) is 42.7 Å². The molecule has 6 heteroatoms. The highest BCUT2D eigenvalue weighted by Crippen LogP contribution is 2.28. The van der Waals surface area contributed by atoms with Gasteiger partial charge in [-0.25, -0.2) is 0 Å². The number of carbonyl (C=O) groups is 1. The number of carbonyl (C=O) groups excluding carboxylic acids is 1. The molecular weight excluding hydrogens is 398 g/mol. The van der Waals surface area contributed by atoms with Gasteiger partial charge in [0.15, 0.2) is 0 Å². The monoisotopic (exact) mass is 427 g/mol. The number of likely N-dealkylation sites (tertiary alicyclic amines) is 1. The summed E-state index contributed by atoms with van der Waals surface area (Å²) in [5.74, 6) is -0.0586. The third-order valence-corrected chi connectivity index (χ3v) is 6.21. The lowest BCUT2D eigenvalue weighted by Gasteiger charge is -2.36. The van der Waals surface area contributed by atoms with Crippen LogP contribution in [0.4, 0.5) is 11.4 Å². The number of nitrogens with two attached hydrogens (primary N) is 1. The van der Waals surface area contributed by atoms with Crippen LogP contribution in [0, 0.1) is 11.3 Å². The standard InChI is InChI=1S/C26H29N5O/c1-18(19-6-3-2-4-7-19)31-15-5-8-21(17-31)26(32)30-22-9-10-24(27)23(16-22)25(28)20-11-13-29-14-12-20/h2-4,6-7,9-14,16,18,21,28H,5,8,15,17,27H2,1H3,(H,30,32)/t18?,21-/m0/s1. The minimum absolute atomic E-state index is 0.0149. The lowest BCUT2D eigenvalue weighted by atomic mass is 9.94. The molecule has 0 bridgehead atoms. The highest BCUT2D eigenvalue weighted by molar-refractivity contribution is 6.14. The molecule has 1 aliphatic rings. The highest BCUT2D eigenvalue weighted by Gasteiger charge is 2.29. The molecule has 6 nitrogen and oxygen atoms in total. The number of rotatable bonds is 6. The molecular formula is C26H29N5O. The first kappa shape index (κ1) is 21.7. The van der Waals surface area contributed by atoms with Crippen molar-refractivity contribution >= 4 is 23.0 Å². The third-order valence-electron chi connectivity index (χ3n) is 6.21. The Morgan fingerprint density at radius 2 is 1.91 bits per heavy atom. The van der Waals surface area contributed by atoms with Crippen LogP contribution < -0.4 is 11.1 Å². The molecule has 1 fully saturated rings. The Morgan fingerprint density at radius 1 is 1.16 bits per heavy atom. The number of nitrogens with one attached hydrogen (secondary N) is 2. The van der Waals surface area contributed by atoms with Gasteiger partial charge in [0.2, 0.25) is 5.91 Å². The molecule has 1 aromatic heterocycles. The highest BCUT2D eigenvalue weighted by atomic mass is 16.1. The van der Waals surface area contributed by atoms with Crippen molar-refractivity contribution in [1.82, 2.24) is 9.88 Å². The number of anilines is 2. The minimum atomic E-state index is -0.0736. The van der Waals surface area contributed by atoms with Gasteiger partial charge in [-0.1, -0.05) is 30.3 Å². The molecule has 1 saturated heterocycles. The van der Waals surface area contributed by atoms with E-state index in [9.17, 15) is 4.79 Å². The number of piperidine rings is 1. The first-order valence-electron chi connectivity index (χ1n) is 11.0. The fraction of sp³-hybridized carbons (Fsp3) is 0.269. The molecule has 2 aromatic carbocycles. The molecule has 0 spiro atoms. The van der Waals surface area contributed by atoms with Crippen molar-refractivity contribution in [3.63, 3.8) is 0 Å². The Hall–Kier alpha value is -3.51. The van der Waals surface area contributed by atoms with Crippen LogP contribution in [0.1, 0.15) is 42.5 Å². The summed E-state index contributed by atoms with van der Waals surface area (Å²) < 4.78 is 0. The maximum atomic E-state index is 13.1. The summed E-state index contributed by atoms with van der Waals surface area (Å²) in [5.41, 5.74) is 10.2. The van der Waals surface area contributed by atoms with Gasteiger partial charge < -0.3 is 11.1 Å². The Kier molecular flexibility index (Phi) is 6.61. The van der Waals surface area contributed by atoms with Crippen LogP contribution in [0.5, 0.6) is 0 Å². The van der Waals surface area contributed by atoms with Crippen molar-refractivity contribution in [2.75, 3.05) is 24.1 Å². The Balaban J connectivity index is 1.45. The minimum Gasteiger partial charge on any atom is -0.398 e. The second kappa shape index (κ2) is 9.75. The molecule has 2 atom stereocenters. The predicted octanol–water partition coefficient (Wildman–Crippen LogP) is 4.49. The summed E-state index contributed by atoms with van der Waals surface area (Å²) in [6, 6.07) is 19.6. The van der Waals surface area contributed by atoms with Crippen molar-refractivity contribution in [1.29, 1.82) is 5.41 Å². The van der Waals surface area contributed by atoms with E-state index in [0.717, 1.165) is 31.5 Å². The molecule has 1 amide bonds. The van der Waals surface area contributed by atoms with Gasteiger partial charge in [0.05, 0.1) is 11.6 Å². The van der Waals surface area contributed by atoms with Gasteiger partial charge in [-0.05, 0) is 62.2 Å². The summed E-state index contributed by atoms with van der Waals surface area (Å²) in [6.07, 6.45) is 5.17. The molecule has 4 rings (SSSR count). The average Bonchev–Trinajstić information content (AvgIpc) is 2.85. The molecule has 2 heterocycles. The quantitative estimate of drug-likeness (QED) is 0.399. The fourth-order valence-electron chi connectivity index (χ4n) is 4.28. The molecule has 0 saturated carbocycles. The smallest absolute Gasteiger partial charge is 0.228 e. The number of nitrogens with zero attached hydrogens (tertiary/aromatic N) is 2. The summed E-state index contributed by atoms with van der Waals surface area (Å²) in [6.45, 7) is 3.93. The molecule has 1 unspecified atom stereocenters. The number of amides is 1. The summed E-state index contributed by atoms with van der Waals surface area (Å²) in [7, 11) is 0. The van der Waals surface area contributed by atoms with Gasteiger partial charge >= 0.3 is 0 Å². The van der Waals surface area contributed by atoms with Crippen LogP contribution in [0.3, 0.4) is 0 Å². The lowest BCUT2D eigenvalue weighted by Crippen LogP contribution is -2.41. The van der Waals surface area contributed by atoms with Crippen LogP contribution in [0.25, 0.3) is 0 Å². The van der Waals surface area contributed by atoms with Gasteiger partial charge in [0.1, 0.15) is 0 Å². The van der Waals surface area contributed by atoms with Crippen molar-refractivity contribution < 1.29 is 4.79 Å². The van der Waals surface area contributed by atoms with Gasteiger partial charge in [0.25, 0.3) is 0 Å². The van der Waals surface area contributed by atoms with Crippen molar-refractivity contribution in [2.45, 2.75) is 25.8 Å². The van der Waals surface area contributed by atoms with Crippen LogP contribution in [0.2, 0.25) is 0 Å². The molecule has 32 heavy (non-hydrogen) atoms. The van der Waals surface area contributed by atoms with Crippen LogP contribution >= 0.6 is 0 Å². The van der Waals surface area contributed by atoms with Gasteiger partial charge in [-0.3, -0.25) is 20.1 Å². The van der Waals surface area contributed by atoms with E-state index in [1.807, 2.05) is 6.07 Å². The summed E-state index contributed by atoms with van der Waals surface area (Å²) in [5, 5.41) is 11.6. The second-order valence-corrected chi connectivity index (χ2v) is 8.32. The van der Waals surface area contributed by atoms with E-state index in [-0.39, 0.29) is 17.9 Å². The van der Waals surface area contributed by atoms with Crippen molar-refractivity contribution in [2.24, 2.45) is 5.92 Å². The van der Waals surface area contributed by atoms with Crippen molar-refractivity contribution in [3.8, 4) is 0 Å². The Bertz CT molecular complexity index is 1080. The maximum Gasteiger partial charge on any atom is 0.228 e. The van der Waals surface area contributed by atoms with Gasteiger partial charge in [-0.15, -0.1) is 0 Å². The molecule has 1 aliphatic heterocycles. The third kappa shape index (κ3) is 4.86. The lowest BCUT2D eigenvalue weighted by molar-refractivity contribution is -0.121. The van der Waals surface area contributed by atoms with E-state index in [2.05, 4.69) is 46.4 Å². The molecule has 164 valence electrons. The summed E-state index contributed by atoms with van der Waals surface area (Å²) in [4.78, 5) is 19.5. The molecule has 3 aromatic rings. The molecule has 0 aliphatic carbocycles. The Morgan fingerprint density at radius 3 is 2.66 bits per heavy atom. The zero-order valence-electron chi connectivity index (χ0n) is 18.3. The van der Waals surface area contributed by atoms with E-state index in [0.29, 0.717) is 22.6 Å². The van der Waals surface area contributed by atoms with Crippen LogP contribution in [0.15, 0.2) is 73.1 Å². The number of hydrogen-bond donors (Lipinski definition) is 3. The number of pyridine rings is 1. The normalized spacial score (nSPS) is 17.5. The zero-order valence-corrected chi connectivity index (χ0v) is 18.3. The van der Waals surface area contributed by atoms with E-state index in [4.69, 9.17) is 11.1 Å². The Labute approximate surface area is 189 Å². The second-order valence-electron chi connectivity index (χ2n) is 8.32. The van der Waals surface area contributed by atoms with E-state index < -0.39 is 0 Å². The maximum absolute atomic E-state index is 13.1. The van der Waals surface area contributed by atoms with E-state index >= 15 is 0 Å². The number of nitrogen functional groups attached to an aromatic ring is 1. The predicted molar refractivity (Wildman–Crippen MR) is 129 cm³/mol. The number of aromatic nitrogens is 1. The molecule has 0 radical (unpaired) electrons. The topological polar surface area (TPSA) is 95.1 Å². The first-order chi connectivity index (χ1) is 15.5. The number of hydrogen-bond acceptors (Lipinski definition) is 5. The van der Waals surface area contributed by atoms with Crippen LogP contribution in [-0.2, 0) is 4.79 Å². The zero-order chi connectivity index (χ0) is 22.5. The SMILES string of the molecule is CC(c1ccccc1)N1CCC[C@H](C(=O)Nc2ccc(N)c(C(=N)c3ccncc3)c2)C1. The largest absolute Gasteiger partial charge is 0.398 e. The fourth-order valence-corrected chi connectivity index (χ4v) is 4.28.